The Morgan fingerprint density at radius 1 is 0.622 bits per heavy atom. The molecule has 0 aliphatic carbocycles. The van der Waals surface area contributed by atoms with E-state index in [9.17, 15) is 22.8 Å². The number of nitrogens with one attached hydrogen (secondary N) is 1. The Balaban J connectivity index is 1.71. The lowest BCUT2D eigenvalue weighted by Crippen LogP contribution is -2.12. The van der Waals surface area contributed by atoms with Gasteiger partial charge in [-0.25, -0.2) is 18.0 Å². The number of sulfone groups is 1. The number of hydrogen-bond acceptors (Lipinski definition) is 7. The van der Waals surface area contributed by atoms with E-state index in [4.69, 9.17) is 9.47 Å². The molecule has 0 radical (unpaired) electrons. The van der Waals surface area contributed by atoms with Crippen LogP contribution in [0.3, 0.4) is 0 Å². The van der Waals surface area contributed by atoms with Gasteiger partial charge in [-0.2, -0.15) is 0 Å². The fraction of sp³-hybridized carbons (Fsp3) is 0.0357. The van der Waals surface area contributed by atoms with Crippen LogP contribution < -0.4 is 14.8 Å². The van der Waals surface area contributed by atoms with Gasteiger partial charge in [0.1, 0.15) is 11.5 Å². The maximum atomic E-state index is 13.4. The number of anilines is 1. The van der Waals surface area contributed by atoms with Crippen molar-refractivity contribution in [1.29, 1.82) is 0 Å². The van der Waals surface area contributed by atoms with Crippen LogP contribution in [0.25, 0.3) is 0 Å². The Morgan fingerprint density at radius 2 is 1.08 bits per heavy atom. The predicted octanol–water partition coefficient (Wildman–Crippen LogP) is 4.92. The van der Waals surface area contributed by atoms with Crippen molar-refractivity contribution < 1.29 is 32.3 Å². The third kappa shape index (κ3) is 6.28. The van der Waals surface area contributed by atoms with Crippen molar-refractivity contribution in [1.82, 2.24) is 0 Å². The molecular weight excluding hydrogens is 494 g/mol. The minimum atomic E-state index is -4.13. The molecule has 9 heteroatoms. The molecule has 0 unspecified atom stereocenters. The summed E-state index contributed by atoms with van der Waals surface area (Å²) in [5.74, 6) is -1.97. The first-order chi connectivity index (χ1) is 17.7. The summed E-state index contributed by atoms with van der Waals surface area (Å²) in [6, 6.07) is 25.5. The van der Waals surface area contributed by atoms with Gasteiger partial charge in [0.05, 0.1) is 20.9 Å². The lowest BCUT2D eigenvalue weighted by Gasteiger charge is -2.12. The lowest BCUT2D eigenvalue weighted by molar-refractivity contribution is -0.114. The molecule has 0 saturated carbocycles. The van der Waals surface area contributed by atoms with Gasteiger partial charge in [0.2, 0.25) is 15.7 Å². The first-order valence-corrected chi connectivity index (χ1v) is 12.5. The van der Waals surface area contributed by atoms with Crippen LogP contribution in [-0.2, 0) is 14.6 Å². The van der Waals surface area contributed by atoms with Crippen LogP contribution in [0.2, 0.25) is 0 Å². The van der Waals surface area contributed by atoms with Crippen LogP contribution in [0.1, 0.15) is 27.6 Å². The maximum Gasteiger partial charge on any atom is 0.343 e. The van der Waals surface area contributed by atoms with Crippen LogP contribution in [0.5, 0.6) is 11.5 Å². The quantitative estimate of drug-likeness (QED) is 0.274. The monoisotopic (exact) mass is 515 g/mol. The zero-order valence-electron chi connectivity index (χ0n) is 19.6. The second-order valence-corrected chi connectivity index (χ2v) is 9.81. The maximum absolute atomic E-state index is 13.4. The SMILES string of the molecule is CC(=O)Nc1ccc(S(=O)(=O)c2cc(OC(=O)c3ccccc3)cc(OC(=O)c3ccccc3)c2)cc1. The normalized spacial score (nSPS) is 10.8. The van der Waals surface area contributed by atoms with Crippen molar-refractivity contribution in [2.45, 2.75) is 16.7 Å². The first kappa shape index (κ1) is 25.3. The van der Waals surface area contributed by atoms with Crippen molar-refractivity contribution in [3.05, 3.63) is 114 Å². The minimum Gasteiger partial charge on any atom is -0.423 e. The number of ether oxygens (including phenoxy) is 2. The topological polar surface area (TPSA) is 116 Å². The third-order valence-corrected chi connectivity index (χ3v) is 6.84. The van der Waals surface area contributed by atoms with E-state index in [2.05, 4.69) is 5.32 Å². The zero-order chi connectivity index (χ0) is 26.4. The second-order valence-electron chi connectivity index (χ2n) is 7.86. The van der Waals surface area contributed by atoms with Gasteiger partial charge in [-0.15, -0.1) is 0 Å². The molecular formula is C28H21NO7S. The molecule has 0 saturated heterocycles. The zero-order valence-corrected chi connectivity index (χ0v) is 20.4. The van der Waals surface area contributed by atoms with E-state index in [0.717, 1.165) is 0 Å². The van der Waals surface area contributed by atoms with Crippen LogP contribution in [0, 0.1) is 0 Å². The molecule has 0 aliphatic rings. The highest BCUT2D eigenvalue weighted by Gasteiger charge is 2.22. The van der Waals surface area contributed by atoms with Crippen molar-refractivity contribution in [2.24, 2.45) is 0 Å². The third-order valence-electron chi connectivity index (χ3n) is 5.09. The molecule has 37 heavy (non-hydrogen) atoms. The van der Waals surface area contributed by atoms with E-state index in [0.29, 0.717) is 5.69 Å². The standard InChI is InChI=1S/C28H21NO7S/c1-19(30)29-22-12-14-25(15-13-22)37(33,34)26-17-23(35-27(31)20-8-4-2-5-9-20)16-24(18-26)36-28(32)21-10-6-3-7-11-21/h2-18H,1H3,(H,29,30). The van der Waals surface area contributed by atoms with E-state index in [1.165, 1.54) is 49.4 Å². The van der Waals surface area contributed by atoms with Gasteiger partial charge in [0.15, 0.2) is 0 Å². The predicted molar refractivity (Wildman–Crippen MR) is 135 cm³/mol. The number of rotatable bonds is 7. The van der Waals surface area contributed by atoms with Gasteiger partial charge >= 0.3 is 11.9 Å². The molecule has 4 aromatic rings. The summed E-state index contributed by atoms with van der Waals surface area (Å²) in [6.07, 6.45) is 0. The number of carbonyl (C=O) groups excluding carboxylic acids is 3. The molecule has 186 valence electrons. The summed E-state index contributed by atoms with van der Waals surface area (Å²) in [4.78, 5) is 36.2. The van der Waals surface area contributed by atoms with Gasteiger partial charge < -0.3 is 14.8 Å². The summed E-state index contributed by atoms with van der Waals surface area (Å²) >= 11 is 0. The van der Waals surface area contributed by atoms with Crippen molar-refractivity contribution in [2.75, 3.05) is 5.32 Å². The van der Waals surface area contributed by atoms with Crippen LogP contribution >= 0.6 is 0 Å². The van der Waals surface area contributed by atoms with Gasteiger partial charge in [0, 0.05) is 30.8 Å². The number of amides is 1. The molecule has 0 atom stereocenters. The molecule has 0 aliphatic heterocycles. The molecule has 0 spiro atoms. The van der Waals surface area contributed by atoms with Crippen LogP contribution in [0.15, 0.2) is 113 Å². The second kappa shape index (κ2) is 10.9. The molecule has 4 rings (SSSR count). The van der Waals surface area contributed by atoms with E-state index < -0.39 is 21.8 Å². The van der Waals surface area contributed by atoms with E-state index >= 15 is 0 Å². The highest BCUT2D eigenvalue weighted by Crippen LogP contribution is 2.31. The van der Waals surface area contributed by atoms with Gasteiger partial charge in [-0.05, 0) is 48.5 Å². The van der Waals surface area contributed by atoms with Gasteiger partial charge in [-0.1, -0.05) is 36.4 Å². The lowest BCUT2D eigenvalue weighted by atomic mass is 10.2. The summed E-state index contributed by atoms with van der Waals surface area (Å²) < 4.78 is 37.7. The molecule has 8 nitrogen and oxygen atoms in total. The molecule has 1 N–H and O–H groups in total. The summed E-state index contributed by atoms with van der Waals surface area (Å²) in [5, 5.41) is 2.57. The molecule has 0 heterocycles. The average molecular weight is 516 g/mol. The fourth-order valence-electron chi connectivity index (χ4n) is 3.36. The molecule has 1 amide bonds. The Bertz CT molecular complexity index is 1480. The number of benzene rings is 4. The number of carbonyl (C=O) groups is 3. The van der Waals surface area contributed by atoms with E-state index in [1.54, 1.807) is 60.7 Å². The Morgan fingerprint density at radius 3 is 1.51 bits per heavy atom. The average Bonchev–Trinajstić information content (AvgIpc) is 2.89. The van der Waals surface area contributed by atoms with Gasteiger partial charge in [0.25, 0.3) is 0 Å². The highest BCUT2D eigenvalue weighted by atomic mass is 32.2. The van der Waals surface area contributed by atoms with Crippen molar-refractivity contribution >= 4 is 33.4 Å². The summed E-state index contributed by atoms with van der Waals surface area (Å²) in [7, 11) is -4.13. The van der Waals surface area contributed by atoms with Crippen LogP contribution in [0.4, 0.5) is 5.69 Å². The minimum absolute atomic E-state index is 0.0755. The Hall–Kier alpha value is -4.76. The number of hydrogen-bond donors (Lipinski definition) is 1. The highest BCUT2D eigenvalue weighted by molar-refractivity contribution is 7.91. The van der Waals surface area contributed by atoms with Gasteiger partial charge in [-0.3, -0.25) is 4.79 Å². The van der Waals surface area contributed by atoms with Crippen molar-refractivity contribution in [3.8, 4) is 11.5 Å². The molecule has 0 fully saturated rings. The van der Waals surface area contributed by atoms with Crippen LogP contribution in [-0.4, -0.2) is 26.3 Å². The smallest absolute Gasteiger partial charge is 0.343 e. The largest absolute Gasteiger partial charge is 0.423 e. The Kier molecular flexibility index (Phi) is 7.45. The first-order valence-electron chi connectivity index (χ1n) is 11.0. The molecule has 0 bridgehead atoms. The molecule has 0 aromatic heterocycles. The molecule has 4 aromatic carbocycles. The summed E-state index contributed by atoms with van der Waals surface area (Å²) in [6.45, 7) is 1.34. The summed E-state index contributed by atoms with van der Waals surface area (Å²) in [5.41, 5.74) is 0.939. The fourth-order valence-corrected chi connectivity index (χ4v) is 4.66. The number of esters is 2. The van der Waals surface area contributed by atoms with E-state index in [1.807, 2.05) is 0 Å². The van der Waals surface area contributed by atoms with Crippen molar-refractivity contribution in [3.63, 3.8) is 0 Å². The van der Waals surface area contributed by atoms with E-state index in [-0.39, 0.29) is 38.3 Å². The Labute approximate surface area is 213 Å².